The Hall–Kier alpha value is -2.21. The van der Waals surface area contributed by atoms with Crippen LogP contribution in [0.1, 0.15) is 31.2 Å². The van der Waals surface area contributed by atoms with E-state index in [-0.39, 0.29) is 5.56 Å². The van der Waals surface area contributed by atoms with Crippen molar-refractivity contribution in [2.45, 2.75) is 38.1 Å². The fraction of sp³-hybridized carbons (Fsp3) is 0.389. The van der Waals surface area contributed by atoms with Crippen LogP contribution in [-0.4, -0.2) is 20.6 Å². The van der Waals surface area contributed by atoms with Crippen LogP contribution in [-0.2, 0) is 6.42 Å². The van der Waals surface area contributed by atoms with Gasteiger partial charge in [0.05, 0.1) is 0 Å². The number of nitrogens with zero attached hydrogens (tertiary/aromatic N) is 3. The Balaban J connectivity index is 1.54. The lowest BCUT2D eigenvalue weighted by Crippen LogP contribution is -2.33. The summed E-state index contributed by atoms with van der Waals surface area (Å²) in [6.07, 6.45) is 7.54. The SMILES string of the molecule is O=c1ccnc2sc(NC3CCCCC3Cc3ccccc3)nn12. The maximum Gasteiger partial charge on any atom is 0.275 e. The molecule has 1 N–H and O–H groups in total. The molecule has 0 bridgehead atoms. The summed E-state index contributed by atoms with van der Waals surface area (Å²) in [4.78, 5) is 16.7. The zero-order chi connectivity index (χ0) is 16.4. The molecule has 0 amide bonds. The molecule has 4 rings (SSSR count). The molecule has 124 valence electrons. The molecule has 5 nitrogen and oxygen atoms in total. The fourth-order valence-electron chi connectivity index (χ4n) is 3.52. The Labute approximate surface area is 144 Å². The number of hydrogen-bond donors (Lipinski definition) is 1. The van der Waals surface area contributed by atoms with E-state index in [1.807, 2.05) is 0 Å². The van der Waals surface area contributed by atoms with Crippen molar-refractivity contribution in [3.63, 3.8) is 0 Å². The first-order valence-electron chi connectivity index (χ1n) is 8.45. The van der Waals surface area contributed by atoms with Gasteiger partial charge in [0.25, 0.3) is 5.56 Å². The molecule has 0 saturated heterocycles. The minimum absolute atomic E-state index is 0.131. The zero-order valence-corrected chi connectivity index (χ0v) is 14.2. The first-order valence-corrected chi connectivity index (χ1v) is 9.26. The van der Waals surface area contributed by atoms with Crippen LogP contribution in [0.3, 0.4) is 0 Å². The van der Waals surface area contributed by atoms with E-state index in [2.05, 4.69) is 45.7 Å². The van der Waals surface area contributed by atoms with E-state index < -0.39 is 0 Å². The van der Waals surface area contributed by atoms with E-state index in [0.29, 0.717) is 16.9 Å². The highest BCUT2D eigenvalue weighted by molar-refractivity contribution is 7.20. The Bertz CT molecular complexity index is 873. The minimum Gasteiger partial charge on any atom is -0.357 e. The number of rotatable bonds is 4. The van der Waals surface area contributed by atoms with Crippen LogP contribution >= 0.6 is 11.3 Å². The predicted octanol–water partition coefficient (Wildman–Crippen LogP) is 3.36. The number of nitrogens with one attached hydrogen (secondary N) is 1. The third-order valence-corrected chi connectivity index (χ3v) is 5.58. The largest absolute Gasteiger partial charge is 0.357 e. The van der Waals surface area contributed by atoms with E-state index in [4.69, 9.17) is 0 Å². The second kappa shape index (κ2) is 6.73. The lowest BCUT2D eigenvalue weighted by Gasteiger charge is -2.32. The van der Waals surface area contributed by atoms with Gasteiger partial charge >= 0.3 is 0 Å². The van der Waals surface area contributed by atoms with Gasteiger partial charge in [-0.3, -0.25) is 4.79 Å². The molecule has 2 aromatic heterocycles. The number of anilines is 1. The van der Waals surface area contributed by atoms with E-state index in [1.165, 1.54) is 46.7 Å². The van der Waals surface area contributed by atoms with Crippen LogP contribution in [0.4, 0.5) is 5.13 Å². The van der Waals surface area contributed by atoms with Crippen LogP contribution < -0.4 is 10.9 Å². The van der Waals surface area contributed by atoms with Gasteiger partial charge in [0, 0.05) is 18.3 Å². The van der Waals surface area contributed by atoms with Gasteiger partial charge < -0.3 is 5.32 Å². The summed E-state index contributed by atoms with van der Waals surface area (Å²) in [7, 11) is 0. The van der Waals surface area contributed by atoms with E-state index in [1.54, 1.807) is 6.20 Å². The summed E-state index contributed by atoms with van der Waals surface area (Å²) in [5, 5.41) is 8.76. The standard InChI is InChI=1S/C18H20N4OS/c23-16-10-11-19-18-22(16)21-17(24-18)20-15-9-5-4-8-14(15)12-13-6-2-1-3-7-13/h1-3,6-7,10-11,14-15H,4-5,8-9,12H2,(H,20,21). The third-order valence-electron chi connectivity index (χ3n) is 4.73. The van der Waals surface area contributed by atoms with E-state index in [0.717, 1.165) is 18.0 Å². The van der Waals surface area contributed by atoms with Crippen molar-refractivity contribution in [2.75, 3.05) is 5.32 Å². The van der Waals surface area contributed by atoms with Crippen LogP contribution in [0, 0.1) is 5.92 Å². The summed E-state index contributed by atoms with van der Waals surface area (Å²) in [5.74, 6) is 0.595. The highest BCUT2D eigenvalue weighted by atomic mass is 32.1. The monoisotopic (exact) mass is 340 g/mol. The molecule has 2 heterocycles. The Morgan fingerprint density at radius 2 is 2.00 bits per heavy atom. The Morgan fingerprint density at radius 1 is 1.17 bits per heavy atom. The molecule has 3 aromatic rings. The van der Waals surface area contributed by atoms with Crippen molar-refractivity contribution in [2.24, 2.45) is 5.92 Å². The van der Waals surface area contributed by atoms with Gasteiger partial charge in [-0.15, -0.1) is 5.10 Å². The van der Waals surface area contributed by atoms with Crippen molar-refractivity contribution in [3.05, 3.63) is 58.5 Å². The van der Waals surface area contributed by atoms with Crippen molar-refractivity contribution in [3.8, 4) is 0 Å². The number of aromatic nitrogens is 3. The van der Waals surface area contributed by atoms with Crippen LogP contribution in [0.25, 0.3) is 4.96 Å². The van der Waals surface area contributed by atoms with Gasteiger partial charge in [0.1, 0.15) is 0 Å². The molecule has 24 heavy (non-hydrogen) atoms. The molecular weight excluding hydrogens is 320 g/mol. The molecule has 1 saturated carbocycles. The van der Waals surface area contributed by atoms with Gasteiger partial charge in [0.2, 0.25) is 10.1 Å². The summed E-state index contributed by atoms with van der Waals surface area (Å²) < 4.78 is 1.38. The van der Waals surface area contributed by atoms with E-state index >= 15 is 0 Å². The quantitative estimate of drug-likeness (QED) is 0.791. The molecule has 2 atom stereocenters. The molecule has 2 unspecified atom stereocenters. The lowest BCUT2D eigenvalue weighted by molar-refractivity contribution is 0.323. The smallest absolute Gasteiger partial charge is 0.275 e. The molecule has 0 aliphatic heterocycles. The van der Waals surface area contributed by atoms with Crippen LogP contribution in [0.15, 0.2) is 47.4 Å². The summed E-state index contributed by atoms with van der Waals surface area (Å²) >= 11 is 1.44. The topological polar surface area (TPSA) is 59.3 Å². The zero-order valence-electron chi connectivity index (χ0n) is 13.4. The van der Waals surface area contributed by atoms with Gasteiger partial charge in [-0.1, -0.05) is 54.5 Å². The molecule has 6 heteroatoms. The molecule has 1 aromatic carbocycles. The Morgan fingerprint density at radius 3 is 2.83 bits per heavy atom. The van der Waals surface area contributed by atoms with Crippen molar-refractivity contribution in [1.29, 1.82) is 0 Å². The molecule has 0 radical (unpaired) electrons. The molecule has 0 spiro atoms. The average molecular weight is 340 g/mol. The van der Waals surface area contributed by atoms with Crippen LogP contribution in [0.2, 0.25) is 0 Å². The van der Waals surface area contributed by atoms with Crippen molar-refractivity contribution in [1.82, 2.24) is 14.6 Å². The number of hydrogen-bond acceptors (Lipinski definition) is 5. The Kier molecular flexibility index (Phi) is 4.30. The van der Waals surface area contributed by atoms with Gasteiger partial charge in [0.15, 0.2) is 0 Å². The minimum atomic E-state index is -0.131. The molecule has 1 aliphatic carbocycles. The first kappa shape index (κ1) is 15.3. The average Bonchev–Trinajstić information content (AvgIpc) is 3.02. The fourth-order valence-corrected chi connectivity index (χ4v) is 4.36. The van der Waals surface area contributed by atoms with Gasteiger partial charge in [-0.2, -0.15) is 4.52 Å². The van der Waals surface area contributed by atoms with Crippen molar-refractivity contribution >= 4 is 21.4 Å². The van der Waals surface area contributed by atoms with Gasteiger partial charge in [-0.25, -0.2) is 4.98 Å². The number of benzene rings is 1. The second-order valence-corrected chi connectivity index (χ2v) is 7.33. The summed E-state index contributed by atoms with van der Waals surface area (Å²) in [6.45, 7) is 0. The summed E-state index contributed by atoms with van der Waals surface area (Å²) in [5.41, 5.74) is 1.26. The maximum absolute atomic E-state index is 11.8. The number of fused-ring (bicyclic) bond motifs is 1. The maximum atomic E-state index is 11.8. The van der Waals surface area contributed by atoms with Crippen molar-refractivity contribution < 1.29 is 0 Å². The first-order chi connectivity index (χ1) is 11.8. The predicted molar refractivity (Wildman–Crippen MR) is 96.6 cm³/mol. The third kappa shape index (κ3) is 3.19. The molecular formula is C18H20N4OS. The van der Waals surface area contributed by atoms with Gasteiger partial charge in [-0.05, 0) is 30.7 Å². The lowest BCUT2D eigenvalue weighted by atomic mass is 9.81. The summed E-state index contributed by atoms with van der Waals surface area (Å²) in [6, 6.07) is 12.5. The highest BCUT2D eigenvalue weighted by Gasteiger charge is 2.26. The van der Waals surface area contributed by atoms with Crippen LogP contribution in [0.5, 0.6) is 0 Å². The second-order valence-electron chi connectivity index (χ2n) is 6.37. The molecule has 1 fully saturated rings. The normalized spacial score (nSPS) is 21.0. The van der Waals surface area contributed by atoms with E-state index in [9.17, 15) is 4.79 Å². The highest BCUT2D eigenvalue weighted by Crippen LogP contribution is 2.30. The molecule has 1 aliphatic rings.